The number of nitrogens with one attached hydrogen (secondary N) is 1. The van der Waals surface area contributed by atoms with E-state index >= 15 is 0 Å². The molecule has 3 aromatic rings. The molecule has 0 fully saturated rings. The predicted octanol–water partition coefficient (Wildman–Crippen LogP) is 2.99. The summed E-state index contributed by atoms with van der Waals surface area (Å²) in [5.74, 6) is -0.678. The van der Waals surface area contributed by atoms with Crippen molar-refractivity contribution < 1.29 is 14.7 Å². The second kappa shape index (κ2) is 7.31. The van der Waals surface area contributed by atoms with E-state index in [2.05, 4.69) is 24.0 Å². The molecular weight excluding hydrogens is 404 g/mol. The van der Waals surface area contributed by atoms with Crippen LogP contribution >= 0.6 is 0 Å². The predicted molar refractivity (Wildman–Crippen MR) is 120 cm³/mol. The average molecular weight is 431 g/mol. The number of carbonyl (C=O) groups excluding carboxylic acids is 2. The van der Waals surface area contributed by atoms with E-state index in [1.807, 2.05) is 18.2 Å². The first-order valence-corrected chi connectivity index (χ1v) is 10.8. The SMILES string of the molecule is CC1(C)Cc2[nH]nc(-c3ccc4c(c3)CN(C(CO)c3cccc(C(N)=O)c3)C4=O)c2C1. The molecule has 7 heteroatoms. The molecule has 0 saturated carbocycles. The molecule has 1 unspecified atom stereocenters. The lowest BCUT2D eigenvalue weighted by atomic mass is 9.90. The lowest BCUT2D eigenvalue weighted by Gasteiger charge is -2.26. The number of H-pyrrole nitrogens is 1. The first-order chi connectivity index (χ1) is 15.3. The Morgan fingerprint density at radius 3 is 2.81 bits per heavy atom. The second-order valence-corrected chi connectivity index (χ2v) is 9.54. The fourth-order valence-electron chi connectivity index (χ4n) is 5.02. The maximum absolute atomic E-state index is 13.2. The number of rotatable bonds is 5. The Kier molecular flexibility index (Phi) is 4.67. The number of amides is 2. The smallest absolute Gasteiger partial charge is 0.255 e. The molecule has 7 nitrogen and oxygen atoms in total. The van der Waals surface area contributed by atoms with Crippen LogP contribution in [-0.2, 0) is 19.4 Å². The highest BCUT2D eigenvalue weighted by Crippen LogP contribution is 2.41. The summed E-state index contributed by atoms with van der Waals surface area (Å²) in [6, 6.07) is 12.0. The van der Waals surface area contributed by atoms with Gasteiger partial charge in [-0.25, -0.2) is 0 Å². The van der Waals surface area contributed by atoms with E-state index in [4.69, 9.17) is 5.73 Å². The third-order valence-corrected chi connectivity index (χ3v) is 6.58. The molecule has 5 rings (SSSR count). The summed E-state index contributed by atoms with van der Waals surface area (Å²) in [6.07, 6.45) is 1.95. The topological polar surface area (TPSA) is 112 Å². The number of benzene rings is 2. The zero-order valence-corrected chi connectivity index (χ0v) is 18.2. The molecule has 0 radical (unpaired) electrons. The van der Waals surface area contributed by atoms with Crippen LogP contribution in [0.4, 0.5) is 0 Å². The van der Waals surface area contributed by atoms with Crippen LogP contribution in [0.3, 0.4) is 0 Å². The summed E-state index contributed by atoms with van der Waals surface area (Å²) in [5, 5.41) is 17.8. The Bertz CT molecular complexity index is 1240. The lowest BCUT2D eigenvalue weighted by molar-refractivity contribution is 0.0615. The van der Waals surface area contributed by atoms with Gasteiger partial charge in [0.1, 0.15) is 0 Å². The second-order valence-electron chi connectivity index (χ2n) is 9.54. The van der Waals surface area contributed by atoms with Gasteiger partial charge in [0.05, 0.1) is 18.3 Å². The van der Waals surface area contributed by atoms with Crippen molar-refractivity contribution in [3.8, 4) is 11.3 Å². The van der Waals surface area contributed by atoms with Crippen molar-refractivity contribution in [1.82, 2.24) is 15.1 Å². The van der Waals surface area contributed by atoms with Gasteiger partial charge in [-0.3, -0.25) is 14.7 Å². The monoisotopic (exact) mass is 430 g/mol. The standard InChI is InChI=1S/C25H26N4O3/c1-25(2)10-19-20(11-25)27-28-22(19)15-6-7-18-17(9-15)12-29(24(18)32)21(13-30)14-4-3-5-16(8-14)23(26)31/h3-9,21,30H,10-13H2,1-2H3,(H2,26,31)(H,27,28). The van der Waals surface area contributed by atoms with Gasteiger partial charge >= 0.3 is 0 Å². The fourth-order valence-corrected chi connectivity index (χ4v) is 5.02. The van der Waals surface area contributed by atoms with Gasteiger partial charge in [0.25, 0.3) is 5.91 Å². The number of fused-ring (bicyclic) bond motifs is 2. The number of nitrogens with zero attached hydrogens (tertiary/aromatic N) is 2. The minimum atomic E-state index is -0.562. The normalized spacial score (nSPS) is 17.3. The summed E-state index contributed by atoms with van der Waals surface area (Å²) < 4.78 is 0. The molecule has 4 N–H and O–H groups in total. The van der Waals surface area contributed by atoms with Crippen molar-refractivity contribution in [2.75, 3.05) is 6.61 Å². The van der Waals surface area contributed by atoms with Crippen LogP contribution < -0.4 is 5.73 Å². The molecule has 2 amide bonds. The Labute approximate surface area is 186 Å². The van der Waals surface area contributed by atoms with Gasteiger partial charge < -0.3 is 15.7 Å². The van der Waals surface area contributed by atoms with Crippen LogP contribution in [0.25, 0.3) is 11.3 Å². The number of primary amides is 1. The Morgan fingerprint density at radius 2 is 2.06 bits per heavy atom. The van der Waals surface area contributed by atoms with Crippen molar-refractivity contribution >= 4 is 11.8 Å². The Balaban J connectivity index is 1.46. The van der Waals surface area contributed by atoms with Crippen LogP contribution in [-0.4, -0.2) is 38.6 Å². The number of aliphatic hydroxyl groups excluding tert-OH is 1. The lowest BCUT2D eigenvalue weighted by Crippen LogP contribution is -2.31. The molecule has 0 saturated heterocycles. The number of aromatic nitrogens is 2. The molecule has 1 aliphatic carbocycles. The number of aromatic amines is 1. The van der Waals surface area contributed by atoms with Crippen molar-refractivity contribution in [1.29, 1.82) is 0 Å². The summed E-state index contributed by atoms with van der Waals surface area (Å²) in [7, 11) is 0. The zero-order chi connectivity index (χ0) is 22.6. The summed E-state index contributed by atoms with van der Waals surface area (Å²) in [4.78, 5) is 26.4. The molecule has 164 valence electrons. The van der Waals surface area contributed by atoms with Crippen molar-refractivity contribution in [2.45, 2.75) is 39.3 Å². The minimum Gasteiger partial charge on any atom is -0.394 e. The van der Waals surface area contributed by atoms with Crippen LogP contribution in [0, 0.1) is 5.41 Å². The first-order valence-electron chi connectivity index (χ1n) is 10.8. The fraction of sp³-hybridized carbons (Fsp3) is 0.320. The van der Waals surface area contributed by atoms with Crippen molar-refractivity contribution in [3.05, 3.63) is 76.0 Å². The number of hydrogen-bond acceptors (Lipinski definition) is 4. The van der Waals surface area contributed by atoms with E-state index in [9.17, 15) is 14.7 Å². The van der Waals surface area contributed by atoms with Crippen molar-refractivity contribution in [2.24, 2.45) is 11.1 Å². The molecule has 1 aliphatic heterocycles. The van der Waals surface area contributed by atoms with Crippen molar-refractivity contribution in [3.63, 3.8) is 0 Å². The third kappa shape index (κ3) is 3.29. The molecular formula is C25H26N4O3. The number of hydrogen-bond donors (Lipinski definition) is 3. The molecule has 32 heavy (non-hydrogen) atoms. The maximum atomic E-state index is 13.2. The minimum absolute atomic E-state index is 0.136. The molecule has 1 aromatic heterocycles. The summed E-state index contributed by atoms with van der Waals surface area (Å²) >= 11 is 0. The molecule has 2 heterocycles. The van der Waals surface area contributed by atoms with E-state index in [1.165, 1.54) is 11.3 Å². The Morgan fingerprint density at radius 1 is 1.25 bits per heavy atom. The first kappa shape index (κ1) is 20.5. The van der Waals surface area contributed by atoms with Gasteiger partial charge in [-0.05, 0) is 53.6 Å². The summed E-state index contributed by atoms with van der Waals surface area (Å²) in [6.45, 7) is 4.64. The zero-order valence-electron chi connectivity index (χ0n) is 18.2. The maximum Gasteiger partial charge on any atom is 0.255 e. The van der Waals surface area contributed by atoms with Crippen LogP contribution in [0.1, 0.15) is 63.0 Å². The average Bonchev–Trinajstić information content (AvgIpc) is 3.38. The molecule has 0 spiro atoms. The number of nitrogens with two attached hydrogens (primary N) is 1. The van der Waals surface area contributed by atoms with Crippen LogP contribution in [0.5, 0.6) is 0 Å². The number of aliphatic hydroxyl groups is 1. The van der Waals surface area contributed by atoms with E-state index in [0.717, 1.165) is 29.7 Å². The van der Waals surface area contributed by atoms with Gasteiger partial charge in [0, 0.05) is 34.5 Å². The molecule has 0 bridgehead atoms. The van der Waals surface area contributed by atoms with Gasteiger partial charge in [-0.1, -0.05) is 32.0 Å². The van der Waals surface area contributed by atoms with Gasteiger partial charge in [0.2, 0.25) is 5.91 Å². The largest absolute Gasteiger partial charge is 0.394 e. The Hall–Kier alpha value is -3.45. The quantitative estimate of drug-likeness (QED) is 0.578. The highest BCUT2D eigenvalue weighted by atomic mass is 16.3. The van der Waals surface area contributed by atoms with Gasteiger partial charge in [-0.2, -0.15) is 5.10 Å². The highest BCUT2D eigenvalue weighted by Gasteiger charge is 2.35. The molecule has 2 aliphatic rings. The van der Waals surface area contributed by atoms with Crippen LogP contribution in [0.15, 0.2) is 42.5 Å². The highest BCUT2D eigenvalue weighted by molar-refractivity contribution is 5.99. The van der Waals surface area contributed by atoms with Gasteiger partial charge in [0.15, 0.2) is 0 Å². The van der Waals surface area contributed by atoms with E-state index in [1.54, 1.807) is 29.2 Å². The molecule has 2 aromatic carbocycles. The number of carbonyl (C=O) groups is 2. The van der Waals surface area contributed by atoms with E-state index in [-0.39, 0.29) is 17.9 Å². The van der Waals surface area contributed by atoms with Crippen LogP contribution in [0.2, 0.25) is 0 Å². The van der Waals surface area contributed by atoms with E-state index < -0.39 is 11.9 Å². The van der Waals surface area contributed by atoms with E-state index in [0.29, 0.717) is 23.2 Å². The van der Waals surface area contributed by atoms with Gasteiger partial charge in [-0.15, -0.1) is 0 Å². The third-order valence-electron chi connectivity index (χ3n) is 6.58. The molecule has 1 atom stereocenters. The summed E-state index contributed by atoms with van der Waals surface area (Å²) in [5.41, 5.74) is 12.6.